The molecule has 0 spiro atoms. The standard InChI is InChI=1S/C17H19F2N/c1-17(18,19)14-20(12-15-8-4-2-5-9-15)13-16-10-6-3-7-11-16/h2-11H,12-14H2,1H3. The molecule has 0 amide bonds. The van der Waals surface area contributed by atoms with Gasteiger partial charge in [-0.2, -0.15) is 0 Å². The minimum Gasteiger partial charge on any atom is -0.289 e. The van der Waals surface area contributed by atoms with Crippen molar-refractivity contribution in [3.63, 3.8) is 0 Å². The van der Waals surface area contributed by atoms with Crippen LogP contribution < -0.4 is 0 Å². The maximum Gasteiger partial charge on any atom is 0.257 e. The van der Waals surface area contributed by atoms with Crippen molar-refractivity contribution in [2.45, 2.75) is 25.9 Å². The molecule has 2 aromatic rings. The molecule has 0 aliphatic heterocycles. The summed E-state index contributed by atoms with van der Waals surface area (Å²) in [5.41, 5.74) is 2.10. The molecule has 0 saturated carbocycles. The third kappa shape index (κ3) is 5.10. The Morgan fingerprint density at radius 3 is 1.55 bits per heavy atom. The molecule has 106 valence electrons. The van der Waals surface area contributed by atoms with E-state index in [1.165, 1.54) is 0 Å². The summed E-state index contributed by atoms with van der Waals surface area (Å²) in [7, 11) is 0. The summed E-state index contributed by atoms with van der Waals surface area (Å²) in [6.45, 7) is 1.78. The lowest BCUT2D eigenvalue weighted by Gasteiger charge is -2.25. The molecule has 0 unspecified atom stereocenters. The highest BCUT2D eigenvalue weighted by atomic mass is 19.3. The lowest BCUT2D eigenvalue weighted by molar-refractivity contribution is -0.0189. The maximum atomic E-state index is 13.3. The molecule has 0 aliphatic carbocycles. The molecule has 0 N–H and O–H groups in total. The first-order chi connectivity index (χ1) is 9.53. The van der Waals surface area contributed by atoms with Crippen LogP contribution in [0.25, 0.3) is 0 Å². The first-order valence-corrected chi connectivity index (χ1v) is 6.71. The Bertz CT molecular complexity index is 464. The molecular formula is C17H19F2N. The zero-order valence-electron chi connectivity index (χ0n) is 11.6. The van der Waals surface area contributed by atoms with E-state index in [1.54, 1.807) is 4.90 Å². The second-order valence-corrected chi connectivity index (χ2v) is 5.19. The van der Waals surface area contributed by atoms with Crippen LogP contribution in [-0.2, 0) is 13.1 Å². The van der Waals surface area contributed by atoms with Gasteiger partial charge in [0.15, 0.2) is 0 Å². The molecule has 1 nitrogen and oxygen atoms in total. The first-order valence-electron chi connectivity index (χ1n) is 6.71. The molecular weight excluding hydrogens is 256 g/mol. The number of rotatable bonds is 6. The second kappa shape index (κ2) is 6.62. The second-order valence-electron chi connectivity index (χ2n) is 5.19. The smallest absolute Gasteiger partial charge is 0.257 e. The van der Waals surface area contributed by atoms with Crippen LogP contribution >= 0.6 is 0 Å². The monoisotopic (exact) mass is 275 g/mol. The van der Waals surface area contributed by atoms with Crippen molar-refractivity contribution in [1.29, 1.82) is 0 Å². The fraction of sp³-hybridized carbons (Fsp3) is 0.294. The minimum absolute atomic E-state index is 0.239. The van der Waals surface area contributed by atoms with Gasteiger partial charge in [-0.25, -0.2) is 8.78 Å². The van der Waals surface area contributed by atoms with Gasteiger partial charge in [0.2, 0.25) is 0 Å². The third-order valence-electron chi connectivity index (χ3n) is 3.00. The van der Waals surface area contributed by atoms with Crippen molar-refractivity contribution in [1.82, 2.24) is 4.90 Å². The summed E-state index contributed by atoms with van der Waals surface area (Å²) < 4.78 is 26.7. The predicted octanol–water partition coefficient (Wildman–Crippen LogP) is 4.34. The fourth-order valence-corrected chi connectivity index (χ4v) is 2.24. The molecule has 20 heavy (non-hydrogen) atoms. The fourth-order valence-electron chi connectivity index (χ4n) is 2.24. The Morgan fingerprint density at radius 1 is 0.800 bits per heavy atom. The van der Waals surface area contributed by atoms with Gasteiger partial charge < -0.3 is 0 Å². The van der Waals surface area contributed by atoms with Crippen molar-refractivity contribution >= 4 is 0 Å². The van der Waals surface area contributed by atoms with E-state index in [0.717, 1.165) is 18.1 Å². The normalized spacial score (nSPS) is 11.8. The molecule has 0 heterocycles. The first kappa shape index (κ1) is 14.7. The van der Waals surface area contributed by atoms with Gasteiger partial charge in [0.05, 0.1) is 6.54 Å². The topological polar surface area (TPSA) is 3.24 Å². The summed E-state index contributed by atoms with van der Waals surface area (Å²) in [6.07, 6.45) is 0. The van der Waals surface area contributed by atoms with Gasteiger partial charge in [-0.1, -0.05) is 60.7 Å². The van der Waals surface area contributed by atoms with Gasteiger partial charge in [0, 0.05) is 20.0 Å². The largest absolute Gasteiger partial charge is 0.289 e. The van der Waals surface area contributed by atoms with Crippen molar-refractivity contribution < 1.29 is 8.78 Å². The molecule has 0 saturated heterocycles. The number of halogens is 2. The van der Waals surface area contributed by atoms with E-state index < -0.39 is 5.92 Å². The lowest BCUT2D eigenvalue weighted by Crippen LogP contribution is -2.34. The lowest BCUT2D eigenvalue weighted by atomic mass is 10.1. The Kier molecular flexibility index (Phi) is 4.85. The van der Waals surface area contributed by atoms with Gasteiger partial charge in [-0.05, 0) is 11.1 Å². The Balaban J connectivity index is 2.08. The number of nitrogens with zero attached hydrogens (tertiary/aromatic N) is 1. The summed E-state index contributed by atoms with van der Waals surface area (Å²) in [6, 6.07) is 19.4. The summed E-state index contributed by atoms with van der Waals surface area (Å²) in [5.74, 6) is -2.69. The van der Waals surface area contributed by atoms with Gasteiger partial charge in [0.25, 0.3) is 5.92 Å². The van der Waals surface area contributed by atoms with Crippen molar-refractivity contribution in [3.8, 4) is 0 Å². The minimum atomic E-state index is -2.69. The van der Waals surface area contributed by atoms with E-state index in [0.29, 0.717) is 13.1 Å². The number of hydrogen-bond acceptors (Lipinski definition) is 1. The highest BCUT2D eigenvalue weighted by Crippen LogP contribution is 2.18. The molecule has 0 atom stereocenters. The van der Waals surface area contributed by atoms with Crippen LogP contribution in [-0.4, -0.2) is 17.4 Å². The third-order valence-corrected chi connectivity index (χ3v) is 3.00. The number of alkyl halides is 2. The van der Waals surface area contributed by atoms with E-state index in [1.807, 2.05) is 60.7 Å². The van der Waals surface area contributed by atoms with Crippen LogP contribution in [0.15, 0.2) is 60.7 Å². The molecule has 2 aromatic carbocycles. The van der Waals surface area contributed by atoms with Crippen LogP contribution in [0.5, 0.6) is 0 Å². The Labute approximate surface area is 118 Å². The molecule has 0 bridgehead atoms. The molecule has 2 rings (SSSR count). The molecule has 0 aromatic heterocycles. The Morgan fingerprint density at radius 2 is 1.20 bits per heavy atom. The van der Waals surface area contributed by atoms with Crippen LogP contribution in [0.4, 0.5) is 8.78 Å². The van der Waals surface area contributed by atoms with E-state index in [-0.39, 0.29) is 6.54 Å². The van der Waals surface area contributed by atoms with Crippen LogP contribution in [0.3, 0.4) is 0 Å². The maximum absolute atomic E-state index is 13.3. The summed E-state index contributed by atoms with van der Waals surface area (Å²) in [5, 5.41) is 0. The number of benzene rings is 2. The predicted molar refractivity (Wildman–Crippen MR) is 77.6 cm³/mol. The van der Waals surface area contributed by atoms with Crippen molar-refractivity contribution in [2.24, 2.45) is 0 Å². The van der Waals surface area contributed by atoms with Gasteiger partial charge >= 0.3 is 0 Å². The number of hydrogen-bond donors (Lipinski definition) is 0. The van der Waals surface area contributed by atoms with E-state index in [9.17, 15) is 8.78 Å². The highest BCUT2D eigenvalue weighted by Gasteiger charge is 2.25. The average Bonchev–Trinajstić information content (AvgIpc) is 2.39. The van der Waals surface area contributed by atoms with Crippen molar-refractivity contribution in [2.75, 3.05) is 6.54 Å². The van der Waals surface area contributed by atoms with Crippen molar-refractivity contribution in [3.05, 3.63) is 71.8 Å². The van der Waals surface area contributed by atoms with Gasteiger partial charge in [-0.3, -0.25) is 4.90 Å². The molecule has 0 radical (unpaired) electrons. The zero-order valence-corrected chi connectivity index (χ0v) is 11.6. The molecule has 0 fully saturated rings. The van der Waals surface area contributed by atoms with Gasteiger partial charge in [0.1, 0.15) is 0 Å². The van der Waals surface area contributed by atoms with Gasteiger partial charge in [-0.15, -0.1) is 0 Å². The van der Waals surface area contributed by atoms with E-state index >= 15 is 0 Å². The quantitative estimate of drug-likeness (QED) is 0.758. The molecule has 3 heteroatoms. The zero-order chi connectivity index (χ0) is 14.4. The average molecular weight is 275 g/mol. The van der Waals surface area contributed by atoms with Crippen LogP contribution in [0.2, 0.25) is 0 Å². The van der Waals surface area contributed by atoms with Crippen LogP contribution in [0.1, 0.15) is 18.1 Å². The van der Waals surface area contributed by atoms with Crippen LogP contribution in [0, 0.1) is 0 Å². The summed E-state index contributed by atoms with van der Waals surface area (Å²) >= 11 is 0. The molecule has 0 aliphatic rings. The Hall–Kier alpha value is -1.74. The van der Waals surface area contributed by atoms with E-state index in [2.05, 4.69) is 0 Å². The van der Waals surface area contributed by atoms with E-state index in [4.69, 9.17) is 0 Å². The summed E-state index contributed by atoms with van der Waals surface area (Å²) in [4.78, 5) is 1.78. The highest BCUT2D eigenvalue weighted by molar-refractivity contribution is 5.17. The SMILES string of the molecule is CC(F)(F)CN(Cc1ccccc1)Cc1ccccc1.